The van der Waals surface area contributed by atoms with Gasteiger partial charge >= 0.3 is 0 Å². The minimum absolute atomic E-state index is 0.210. The molecule has 0 amide bonds. The first-order valence-electron chi connectivity index (χ1n) is 9.18. The van der Waals surface area contributed by atoms with Crippen molar-refractivity contribution in [1.29, 1.82) is 0 Å². The van der Waals surface area contributed by atoms with E-state index >= 15 is 0 Å². The maximum Gasteiger partial charge on any atom is 0.152 e. The molecule has 0 bridgehead atoms. The lowest BCUT2D eigenvalue weighted by atomic mass is 10.1. The highest BCUT2D eigenvalue weighted by atomic mass is 16.5. The monoisotopic (exact) mass is 378 g/mol. The average Bonchev–Trinajstić information content (AvgIpc) is 2.74. The summed E-state index contributed by atoms with van der Waals surface area (Å²) in [6, 6.07) is 15.9. The number of anilines is 1. The number of ether oxygens (including phenoxy) is 2. The SMILES string of the molecule is COc1ccc(CN(Cc2ccc(OC)cc2)c2nccnc2[C@@H](C)N)cc1. The standard InChI is InChI=1S/C22H26N4O2/c1-16(23)21-22(25-13-12-24-21)26(14-17-4-8-19(27-2)9-5-17)15-18-6-10-20(28-3)11-7-18/h4-13,16H,14-15,23H2,1-3H3/t16-/m1/s1. The van der Waals surface area contributed by atoms with Gasteiger partial charge in [0, 0.05) is 31.5 Å². The molecule has 2 N–H and O–H groups in total. The van der Waals surface area contributed by atoms with E-state index in [9.17, 15) is 0 Å². The fourth-order valence-corrected chi connectivity index (χ4v) is 3.01. The first kappa shape index (κ1) is 19.6. The van der Waals surface area contributed by atoms with Crippen molar-refractivity contribution in [2.24, 2.45) is 5.73 Å². The number of hydrogen-bond donors (Lipinski definition) is 1. The lowest BCUT2D eigenvalue weighted by Crippen LogP contribution is -2.26. The highest BCUT2D eigenvalue weighted by Crippen LogP contribution is 2.25. The van der Waals surface area contributed by atoms with Gasteiger partial charge in [0.15, 0.2) is 5.82 Å². The molecule has 3 aromatic rings. The summed E-state index contributed by atoms with van der Waals surface area (Å²) < 4.78 is 10.5. The summed E-state index contributed by atoms with van der Waals surface area (Å²) in [5, 5.41) is 0. The van der Waals surface area contributed by atoms with Crippen molar-refractivity contribution in [2.75, 3.05) is 19.1 Å². The zero-order chi connectivity index (χ0) is 19.9. The first-order chi connectivity index (χ1) is 13.6. The Labute approximate surface area is 166 Å². The van der Waals surface area contributed by atoms with Crippen LogP contribution in [0.15, 0.2) is 60.9 Å². The van der Waals surface area contributed by atoms with Crippen molar-refractivity contribution in [1.82, 2.24) is 9.97 Å². The number of nitrogens with zero attached hydrogens (tertiary/aromatic N) is 3. The lowest BCUT2D eigenvalue weighted by Gasteiger charge is -2.26. The Hall–Kier alpha value is -3.12. The number of aromatic nitrogens is 2. The van der Waals surface area contributed by atoms with E-state index in [1.165, 1.54) is 0 Å². The molecule has 1 aromatic heterocycles. The first-order valence-corrected chi connectivity index (χ1v) is 9.18. The van der Waals surface area contributed by atoms with E-state index in [4.69, 9.17) is 15.2 Å². The maximum atomic E-state index is 6.15. The molecule has 2 aromatic carbocycles. The molecule has 0 fully saturated rings. The summed E-state index contributed by atoms with van der Waals surface area (Å²) in [5.74, 6) is 2.46. The molecule has 146 valence electrons. The Morgan fingerprint density at radius 1 is 0.821 bits per heavy atom. The zero-order valence-electron chi connectivity index (χ0n) is 16.5. The minimum atomic E-state index is -0.210. The van der Waals surface area contributed by atoms with Crippen LogP contribution in [0.1, 0.15) is 29.8 Å². The molecule has 6 nitrogen and oxygen atoms in total. The van der Waals surface area contributed by atoms with Crippen LogP contribution in [0.5, 0.6) is 11.5 Å². The zero-order valence-corrected chi connectivity index (χ0v) is 16.5. The van der Waals surface area contributed by atoms with Gasteiger partial charge in [-0.1, -0.05) is 24.3 Å². The van der Waals surface area contributed by atoms with E-state index in [0.29, 0.717) is 13.1 Å². The van der Waals surface area contributed by atoms with E-state index in [-0.39, 0.29) is 6.04 Å². The molecule has 0 aliphatic heterocycles. The average molecular weight is 378 g/mol. The summed E-state index contributed by atoms with van der Waals surface area (Å²) in [5.41, 5.74) is 9.23. The Balaban J connectivity index is 1.92. The number of hydrogen-bond acceptors (Lipinski definition) is 6. The molecule has 0 aliphatic rings. The van der Waals surface area contributed by atoms with Crippen LogP contribution in [0, 0.1) is 0 Å². The van der Waals surface area contributed by atoms with E-state index in [0.717, 1.165) is 34.1 Å². The second-order valence-electron chi connectivity index (χ2n) is 6.61. The summed E-state index contributed by atoms with van der Waals surface area (Å²) in [6.45, 7) is 3.27. The van der Waals surface area contributed by atoms with Gasteiger partial charge in [0.05, 0.1) is 19.9 Å². The van der Waals surface area contributed by atoms with Gasteiger partial charge in [-0.25, -0.2) is 4.98 Å². The van der Waals surface area contributed by atoms with Gasteiger partial charge < -0.3 is 20.1 Å². The van der Waals surface area contributed by atoms with E-state index in [1.807, 2.05) is 31.2 Å². The second kappa shape index (κ2) is 9.19. The normalized spacial score (nSPS) is 11.7. The van der Waals surface area contributed by atoms with Crippen LogP contribution in [-0.2, 0) is 13.1 Å². The van der Waals surface area contributed by atoms with Crippen LogP contribution in [0.25, 0.3) is 0 Å². The third kappa shape index (κ3) is 4.78. The summed E-state index contributed by atoms with van der Waals surface area (Å²) in [7, 11) is 3.33. The van der Waals surface area contributed by atoms with Gasteiger partial charge in [-0.3, -0.25) is 4.98 Å². The summed E-state index contributed by atoms with van der Waals surface area (Å²) >= 11 is 0. The molecule has 0 saturated carbocycles. The van der Waals surface area contributed by atoms with E-state index in [1.54, 1.807) is 26.6 Å². The molecule has 0 spiro atoms. The Morgan fingerprint density at radius 2 is 1.29 bits per heavy atom. The van der Waals surface area contributed by atoms with Gasteiger partial charge in [-0.2, -0.15) is 0 Å². The third-order valence-electron chi connectivity index (χ3n) is 4.50. The Morgan fingerprint density at radius 3 is 1.71 bits per heavy atom. The fourth-order valence-electron chi connectivity index (χ4n) is 3.01. The maximum absolute atomic E-state index is 6.15. The van der Waals surface area contributed by atoms with Crippen LogP contribution in [0.3, 0.4) is 0 Å². The smallest absolute Gasteiger partial charge is 0.152 e. The highest BCUT2D eigenvalue weighted by Gasteiger charge is 2.17. The second-order valence-corrected chi connectivity index (χ2v) is 6.61. The van der Waals surface area contributed by atoms with Gasteiger partial charge in [0.25, 0.3) is 0 Å². The molecule has 3 rings (SSSR count). The number of methoxy groups -OCH3 is 2. The summed E-state index contributed by atoms with van der Waals surface area (Å²) in [6.07, 6.45) is 3.39. The van der Waals surface area contributed by atoms with Crippen molar-refractivity contribution in [2.45, 2.75) is 26.1 Å². The van der Waals surface area contributed by atoms with Crippen LogP contribution in [0.2, 0.25) is 0 Å². The van der Waals surface area contributed by atoms with Crippen LogP contribution < -0.4 is 20.1 Å². The molecule has 0 saturated heterocycles. The fraction of sp³-hybridized carbons (Fsp3) is 0.273. The van der Waals surface area contributed by atoms with E-state index < -0.39 is 0 Å². The molecule has 28 heavy (non-hydrogen) atoms. The molecule has 1 atom stereocenters. The van der Waals surface area contributed by atoms with Crippen molar-refractivity contribution in [3.63, 3.8) is 0 Å². The number of benzene rings is 2. The number of rotatable bonds is 8. The molecular formula is C22H26N4O2. The van der Waals surface area contributed by atoms with Gasteiger partial charge in [0.2, 0.25) is 0 Å². The molecule has 6 heteroatoms. The third-order valence-corrected chi connectivity index (χ3v) is 4.50. The predicted molar refractivity (Wildman–Crippen MR) is 111 cm³/mol. The number of nitrogens with two attached hydrogens (primary N) is 1. The molecule has 1 heterocycles. The van der Waals surface area contributed by atoms with Crippen LogP contribution in [0.4, 0.5) is 5.82 Å². The summed E-state index contributed by atoms with van der Waals surface area (Å²) in [4.78, 5) is 11.3. The highest BCUT2D eigenvalue weighted by molar-refractivity contribution is 5.46. The van der Waals surface area contributed by atoms with Gasteiger partial charge in [0.1, 0.15) is 11.5 Å². The van der Waals surface area contributed by atoms with Gasteiger partial charge in [-0.05, 0) is 42.3 Å². The lowest BCUT2D eigenvalue weighted by molar-refractivity contribution is 0.414. The molecule has 0 unspecified atom stereocenters. The topological polar surface area (TPSA) is 73.5 Å². The largest absolute Gasteiger partial charge is 0.497 e. The van der Waals surface area contributed by atoms with E-state index in [2.05, 4.69) is 39.1 Å². The molecular weight excluding hydrogens is 352 g/mol. The Bertz CT molecular complexity index is 830. The van der Waals surface area contributed by atoms with Crippen LogP contribution >= 0.6 is 0 Å². The Kier molecular flexibility index (Phi) is 6.45. The molecule has 0 radical (unpaired) electrons. The van der Waals surface area contributed by atoms with Crippen molar-refractivity contribution in [3.05, 3.63) is 77.7 Å². The van der Waals surface area contributed by atoms with Crippen molar-refractivity contribution in [3.8, 4) is 11.5 Å². The predicted octanol–water partition coefficient (Wildman–Crippen LogP) is 3.72. The minimum Gasteiger partial charge on any atom is -0.497 e. The quantitative estimate of drug-likeness (QED) is 0.644. The van der Waals surface area contributed by atoms with Crippen LogP contribution in [-0.4, -0.2) is 24.2 Å². The molecule has 0 aliphatic carbocycles. The van der Waals surface area contributed by atoms with Crippen molar-refractivity contribution < 1.29 is 9.47 Å². The van der Waals surface area contributed by atoms with Gasteiger partial charge in [-0.15, -0.1) is 0 Å². The van der Waals surface area contributed by atoms with Crippen molar-refractivity contribution >= 4 is 5.82 Å².